The van der Waals surface area contributed by atoms with E-state index in [1.165, 1.54) is 20.1 Å². The van der Waals surface area contributed by atoms with Gasteiger partial charge in [-0.3, -0.25) is 9.59 Å². The standard InChI is InChI=1S/C15H19FN2O4/c1-10(15(20)21)14(19)18-7-5-17(6-8-18)11-3-4-12(16)13(9-11)22-2/h3-4,9-10H,5-8H2,1-2H3,(H,20,21). The number of methoxy groups -OCH3 is 1. The highest BCUT2D eigenvalue weighted by Gasteiger charge is 2.28. The number of anilines is 1. The number of halogens is 1. The third kappa shape index (κ3) is 3.29. The molecular weight excluding hydrogens is 291 g/mol. The molecule has 0 spiro atoms. The first kappa shape index (κ1) is 16.1. The number of piperazine rings is 1. The van der Waals surface area contributed by atoms with Gasteiger partial charge in [-0.25, -0.2) is 4.39 Å². The van der Waals surface area contributed by atoms with E-state index in [0.717, 1.165) is 5.69 Å². The van der Waals surface area contributed by atoms with E-state index in [9.17, 15) is 14.0 Å². The van der Waals surface area contributed by atoms with Gasteiger partial charge in [0.1, 0.15) is 5.92 Å². The summed E-state index contributed by atoms with van der Waals surface area (Å²) in [7, 11) is 1.41. The summed E-state index contributed by atoms with van der Waals surface area (Å²) >= 11 is 0. The van der Waals surface area contributed by atoms with E-state index < -0.39 is 17.7 Å². The predicted molar refractivity (Wildman–Crippen MR) is 78.5 cm³/mol. The molecule has 6 nitrogen and oxygen atoms in total. The molecule has 0 bridgehead atoms. The van der Waals surface area contributed by atoms with Crippen LogP contribution < -0.4 is 9.64 Å². The van der Waals surface area contributed by atoms with Gasteiger partial charge in [-0.05, 0) is 19.1 Å². The van der Waals surface area contributed by atoms with Gasteiger partial charge in [0.2, 0.25) is 5.91 Å². The predicted octanol–water partition coefficient (Wildman–Crippen LogP) is 1.20. The van der Waals surface area contributed by atoms with Crippen molar-refractivity contribution in [1.29, 1.82) is 0 Å². The van der Waals surface area contributed by atoms with Crippen molar-refractivity contribution in [3.8, 4) is 5.75 Å². The average Bonchev–Trinajstić information content (AvgIpc) is 2.54. The number of carboxylic acid groups (broad SMARTS) is 1. The Kier molecular flexibility index (Phi) is 4.85. The summed E-state index contributed by atoms with van der Waals surface area (Å²) in [6.45, 7) is 3.40. The molecule has 1 aliphatic heterocycles. The highest BCUT2D eigenvalue weighted by Crippen LogP contribution is 2.25. The molecule has 1 aromatic carbocycles. The minimum absolute atomic E-state index is 0.176. The summed E-state index contributed by atoms with van der Waals surface area (Å²) < 4.78 is 18.4. The molecule has 2 rings (SSSR count). The van der Waals surface area contributed by atoms with Crippen LogP contribution in [0.3, 0.4) is 0 Å². The van der Waals surface area contributed by atoms with E-state index in [4.69, 9.17) is 9.84 Å². The molecule has 22 heavy (non-hydrogen) atoms. The van der Waals surface area contributed by atoms with Crippen molar-refractivity contribution in [3.63, 3.8) is 0 Å². The van der Waals surface area contributed by atoms with Gasteiger partial charge in [-0.2, -0.15) is 0 Å². The molecule has 1 saturated heterocycles. The molecule has 0 radical (unpaired) electrons. The lowest BCUT2D eigenvalue weighted by molar-refractivity contribution is -0.150. The van der Waals surface area contributed by atoms with Crippen LogP contribution in [-0.2, 0) is 9.59 Å². The third-order valence-corrected chi connectivity index (χ3v) is 3.83. The van der Waals surface area contributed by atoms with Crippen molar-refractivity contribution < 1.29 is 23.8 Å². The van der Waals surface area contributed by atoms with Crippen molar-refractivity contribution in [2.24, 2.45) is 5.92 Å². The van der Waals surface area contributed by atoms with Gasteiger partial charge in [0.15, 0.2) is 11.6 Å². The molecule has 1 N–H and O–H groups in total. The zero-order valence-electron chi connectivity index (χ0n) is 12.6. The second-order valence-corrected chi connectivity index (χ2v) is 5.19. The zero-order chi connectivity index (χ0) is 16.3. The van der Waals surface area contributed by atoms with Gasteiger partial charge in [0, 0.05) is 37.9 Å². The first-order valence-electron chi connectivity index (χ1n) is 7.04. The smallest absolute Gasteiger partial charge is 0.315 e. The van der Waals surface area contributed by atoms with E-state index in [-0.39, 0.29) is 11.7 Å². The zero-order valence-corrected chi connectivity index (χ0v) is 12.6. The quantitative estimate of drug-likeness (QED) is 0.846. The number of carbonyl (C=O) groups is 2. The normalized spacial score (nSPS) is 16.3. The van der Waals surface area contributed by atoms with Crippen LogP contribution in [0.4, 0.5) is 10.1 Å². The summed E-state index contributed by atoms with van der Waals surface area (Å²) in [6.07, 6.45) is 0. The molecule has 0 aliphatic carbocycles. The number of aliphatic carboxylic acids is 1. The number of nitrogens with zero attached hydrogens (tertiary/aromatic N) is 2. The highest BCUT2D eigenvalue weighted by molar-refractivity contribution is 5.96. The van der Waals surface area contributed by atoms with Crippen LogP contribution >= 0.6 is 0 Å². The van der Waals surface area contributed by atoms with Crippen molar-refractivity contribution in [3.05, 3.63) is 24.0 Å². The van der Waals surface area contributed by atoms with Crippen molar-refractivity contribution in [1.82, 2.24) is 4.90 Å². The molecular formula is C15H19FN2O4. The number of hydrogen-bond donors (Lipinski definition) is 1. The minimum Gasteiger partial charge on any atom is -0.494 e. The monoisotopic (exact) mass is 310 g/mol. The van der Waals surface area contributed by atoms with Gasteiger partial charge in [-0.1, -0.05) is 0 Å². The number of amides is 1. The van der Waals surface area contributed by atoms with Crippen LogP contribution in [0.5, 0.6) is 5.75 Å². The molecule has 1 atom stereocenters. The molecule has 120 valence electrons. The number of carbonyl (C=O) groups excluding carboxylic acids is 1. The van der Waals surface area contributed by atoms with E-state index in [1.807, 2.05) is 4.90 Å². The first-order chi connectivity index (χ1) is 10.4. The van der Waals surface area contributed by atoms with Crippen LogP contribution in [0.15, 0.2) is 18.2 Å². The van der Waals surface area contributed by atoms with Gasteiger partial charge < -0.3 is 19.6 Å². The lowest BCUT2D eigenvalue weighted by Crippen LogP contribution is -2.51. The Balaban J connectivity index is 2.00. The van der Waals surface area contributed by atoms with Crippen molar-refractivity contribution in [2.75, 3.05) is 38.2 Å². The Hall–Kier alpha value is -2.31. The molecule has 1 fully saturated rings. The molecule has 1 heterocycles. The SMILES string of the molecule is COc1cc(N2CCN(C(=O)C(C)C(=O)O)CC2)ccc1F. The van der Waals surface area contributed by atoms with E-state index >= 15 is 0 Å². The number of ether oxygens (including phenoxy) is 1. The van der Waals surface area contributed by atoms with Crippen LogP contribution in [0, 0.1) is 11.7 Å². The summed E-state index contributed by atoms with van der Waals surface area (Å²) in [6, 6.07) is 4.63. The number of hydrogen-bond acceptors (Lipinski definition) is 4. The maximum Gasteiger partial charge on any atom is 0.315 e. The molecule has 0 saturated carbocycles. The summed E-state index contributed by atoms with van der Waals surface area (Å²) in [5.74, 6) is -2.76. The molecule has 1 unspecified atom stereocenters. The maximum atomic E-state index is 13.4. The second kappa shape index (κ2) is 6.64. The van der Waals surface area contributed by atoms with Crippen LogP contribution in [-0.4, -0.2) is 55.2 Å². The Morgan fingerprint density at radius 2 is 1.91 bits per heavy atom. The first-order valence-corrected chi connectivity index (χ1v) is 7.04. The Labute approximate surface area is 128 Å². The van der Waals surface area contributed by atoms with Gasteiger partial charge in [-0.15, -0.1) is 0 Å². The summed E-state index contributed by atoms with van der Waals surface area (Å²) in [4.78, 5) is 26.4. The fraction of sp³-hybridized carbons (Fsp3) is 0.467. The number of rotatable bonds is 4. The summed E-state index contributed by atoms with van der Waals surface area (Å²) in [5.41, 5.74) is 0.816. The Morgan fingerprint density at radius 1 is 1.27 bits per heavy atom. The van der Waals surface area contributed by atoms with Crippen LogP contribution in [0.1, 0.15) is 6.92 Å². The minimum atomic E-state index is -1.12. The number of carboxylic acids is 1. The van der Waals surface area contributed by atoms with Gasteiger partial charge >= 0.3 is 5.97 Å². The fourth-order valence-electron chi connectivity index (χ4n) is 2.41. The fourth-order valence-corrected chi connectivity index (χ4v) is 2.41. The molecule has 1 amide bonds. The molecule has 0 aromatic heterocycles. The van der Waals surface area contributed by atoms with Crippen LogP contribution in [0.2, 0.25) is 0 Å². The molecule has 1 aliphatic rings. The summed E-state index contributed by atoms with van der Waals surface area (Å²) in [5, 5.41) is 8.89. The topological polar surface area (TPSA) is 70.1 Å². The second-order valence-electron chi connectivity index (χ2n) is 5.19. The molecule has 7 heteroatoms. The maximum absolute atomic E-state index is 13.4. The Bertz CT molecular complexity index is 571. The lowest BCUT2D eigenvalue weighted by Gasteiger charge is -2.36. The van der Waals surface area contributed by atoms with Crippen molar-refractivity contribution in [2.45, 2.75) is 6.92 Å². The third-order valence-electron chi connectivity index (χ3n) is 3.83. The van der Waals surface area contributed by atoms with E-state index in [2.05, 4.69) is 0 Å². The van der Waals surface area contributed by atoms with Gasteiger partial charge in [0.25, 0.3) is 0 Å². The van der Waals surface area contributed by atoms with Crippen molar-refractivity contribution >= 4 is 17.6 Å². The van der Waals surface area contributed by atoms with E-state index in [0.29, 0.717) is 26.2 Å². The van der Waals surface area contributed by atoms with Gasteiger partial charge in [0.05, 0.1) is 7.11 Å². The van der Waals surface area contributed by atoms with E-state index in [1.54, 1.807) is 17.0 Å². The number of benzene rings is 1. The molecule has 1 aromatic rings. The highest BCUT2D eigenvalue weighted by atomic mass is 19.1. The lowest BCUT2D eigenvalue weighted by atomic mass is 10.1. The average molecular weight is 310 g/mol. The Morgan fingerprint density at radius 3 is 2.45 bits per heavy atom. The largest absolute Gasteiger partial charge is 0.494 e. The van der Waals surface area contributed by atoms with Crippen LogP contribution in [0.25, 0.3) is 0 Å².